The van der Waals surface area contributed by atoms with Crippen molar-refractivity contribution in [2.24, 2.45) is 0 Å². The summed E-state index contributed by atoms with van der Waals surface area (Å²) >= 11 is 0. The number of nitrogens with zero attached hydrogens (tertiary/aromatic N) is 2. The quantitative estimate of drug-likeness (QED) is 0.151. The van der Waals surface area contributed by atoms with E-state index in [2.05, 4.69) is 17.2 Å². The number of aryl methyl sites for hydroxylation is 1. The highest BCUT2D eigenvalue weighted by Crippen LogP contribution is 2.15. The van der Waals surface area contributed by atoms with Crippen LogP contribution in [0.15, 0.2) is 12.3 Å². The van der Waals surface area contributed by atoms with Gasteiger partial charge in [0.1, 0.15) is 6.20 Å². The van der Waals surface area contributed by atoms with Gasteiger partial charge in [0, 0.05) is 12.5 Å². The molecule has 1 N–H and O–H groups in total. The van der Waals surface area contributed by atoms with Crippen LogP contribution in [0.1, 0.15) is 126 Å². The predicted molar refractivity (Wildman–Crippen MR) is 128 cm³/mol. The van der Waals surface area contributed by atoms with Crippen LogP contribution in [0.5, 0.6) is 0 Å². The Bertz CT molecular complexity index is 706. The van der Waals surface area contributed by atoms with E-state index in [0.29, 0.717) is 5.69 Å². The Balaban J connectivity index is 2.02. The Morgan fingerprint density at radius 1 is 0.875 bits per heavy atom. The van der Waals surface area contributed by atoms with E-state index < -0.39 is 10.8 Å². The van der Waals surface area contributed by atoms with Crippen molar-refractivity contribution < 1.29 is 14.5 Å². The summed E-state index contributed by atoms with van der Waals surface area (Å²) < 4.78 is 0. The number of amides is 2. The van der Waals surface area contributed by atoms with Gasteiger partial charge in [0.2, 0.25) is 5.91 Å². The van der Waals surface area contributed by atoms with Crippen LogP contribution in [0.3, 0.4) is 0 Å². The van der Waals surface area contributed by atoms with Crippen molar-refractivity contribution in [3.63, 3.8) is 0 Å². The van der Waals surface area contributed by atoms with E-state index in [0.717, 1.165) is 31.5 Å². The third-order valence-corrected chi connectivity index (χ3v) is 5.79. The Kier molecular flexibility index (Phi) is 15.0. The van der Waals surface area contributed by atoms with E-state index in [1.807, 2.05) is 0 Å². The molecular formula is C25H41N3O4. The van der Waals surface area contributed by atoms with Crippen LogP contribution in [-0.4, -0.2) is 21.7 Å². The summed E-state index contributed by atoms with van der Waals surface area (Å²) in [6.07, 6.45) is 20.2. The van der Waals surface area contributed by atoms with Crippen LogP contribution >= 0.6 is 0 Å². The molecule has 0 aliphatic heterocycles. The molecular weight excluding hydrogens is 406 g/mol. The van der Waals surface area contributed by atoms with Gasteiger partial charge in [-0.2, -0.15) is 0 Å². The molecule has 0 saturated carbocycles. The summed E-state index contributed by atoms with van der Waals surface area (Å²) in [5.74, 6) is -0.986. The second-order valence-electron chi connectivity index (χ2n) is 8.66. The van der Waals surface area contributed by atoms with Crippen LogP contribution < -0.4 is 5.32 Å². The molecule has 1 aromatic rings. The standard InChI is InChI=1S/C25H41N3O4/c1-3-4-5-6-7-8-9-10-11-12-13-14-15-16-17-18-24(29)27-25(30)23-19-22(28(31)32)20-26-21(23)2/h19-20H,3-18H2,1-2H3,(H,27,29,30). The molecule has 0 aromatic carbocycles. The third kappa shape index (κ3) is 12.5. The summed E-state index contributed by atoms with van der Waals surface area (Å²) in [5.41, 5.74) is 0.146. The molecule has 0 spiro atoms. The summed E-state index contributed by atoms with van der Waals surface area (Å²) in [7, 11) is 0. The van der Waals surface area contributed by atoms with Gasteiger partial charge in [0.25, 0.3) is 11.6 Å². The number of carbonyl (C=O) groups is 2. The van der Waals surface area contributed by atoms with Gasteiger partial charge in [-0.1, -0.05) is 96.8 Å². The number of nitrogens with one attached hydrogen (secondary N) is 1. The summed E-state index contributed by atoms with van der Waals surface area (Å²) in [6, 6.07) is 1.15. The topological polar surface area (TPSA) is 102 Å². The Hall–Kier alpha value is -2.31. The second-order valence-corrected chi connectivity index (χ2v) is 8.66. The zero-order valence-corrected chi connectivity index (χ0v) is 20.0. The minimum atomic E-state index is -0.635. The van der Waals surface area contributed by atoms with Crippen molar-refractivity contribution in [2.45, 2.75) is 117 Å². The number of hydrogen-bond acceptors (Lipinski definition) is 5. The molecule has 0 fully saturated rings. The van der Waals surface area contributed by atoms with Gasteiger partial charge in [-0.25, -0.2) is 0 Å². The maximum absolute atomic E-state index is 12.2. The Labute approximate surface area is 192 Å². The maximum Gasteiger partial charge on any atom is 0.288 e. The molecule has 32 heavy (non-hydrogen) atoms. The number of unbranched alkanes of at least 4 members (excludes halogenated alkanes) is 14. The molecule has 2 amide bonds. The molecule has 0 atom stereocenters. The lowest BCUT2D eigenvalue weighted by atomic mass is 10.0. The van der Waals surface area contributed by atoms with Crippen molar-refractivity contribution in [1.82, 2.24) is 10.3 Å². The molecule has 180 valence electrons. The highest BCUT2D eigenvalue weighted by atomic mass is 16.6. The normalized spacial score (nSPS) is 10.8. The van der Waals surface area contributed by atoms with Crippen molar-refractivity contribution in [3.05, 3.63) is 33.6 Å². The highest BCUT2D eigenvalue weighted by Gasteiger charge is 2.17. The van der Waals surface area contributed by atoms with Gasteiger partial charge < -0.3 is 0 Å². The molecule has 0 saturated heterocycles. The fourth-order valence-corrected chi connectivity index (χ4v) is 3.77. The highest BCUT2D eigenvalue weighted by molar-refractivity contribution is 6.05. The summed E-state index contributed by atoms with van der Waals surface area (Å²) in [5, 5.41) is 13.2. The van der Waals surface area contributed by atoms with Gasteiger partial charge in [0.05, 0.1) is 16.2 Å². The summed E-state index contributed by atoms with van der Waals surface area (Å²) in [4.78, 5) is 38.3. The largest absolute Gasteiger partial charge is 0.292 e. The lowest BCUT2D eigenvalue weighted by Gasteiger charge is -2.06. The van der Waals surface area contributed by atoms with Crippen LogP contribution in [0.25, 0.3) is 0 Å². The fraction of sp³-hybridized carbons (Fsp3) is 0.720. The first-order chi connectivity index (χ1) is 15.5. The minimum Gasteiger partial charge on any atom is -0.292 e. The molecule has 0 unspecified atom stereocenters. The Morgan fingerprint density at radius 2 is 1.34 bits per heavy atom. The van der Waals surface area contributed by atoms with Crippen molar-refractivity contribution in [3.8, 4) is 0 Å². The molecule has 1 heterocycles. The van der Waals surface area contributed by atoms with Gasteiger partial charge in [-0.15, -0.1) is 0 Å². The van der Waals surface area contributed by atoms with E-state index in [9.17, 15) is 19.7 Å². The first-order valence-corrected chi connectivity index (χ1v) is 12.4. The van der Waals surface area contributed by atoms with Crippen LogP contribution in [0.4, 0.5) is 5.69 Å². The average molecular weight is 448 g/mol. The zero-order valence-electron chi connectivity index (χ0n) is 20.0. The lowest BCUT2D eigenvalue weighted by molar-refractivity contribution is -0.385. The van der Waals surface area contributed by atoms with Crippen LogP contribution in [-0.2, 0) is 4.79 Å². The van der Waals surface area contributed by atoms with Gasteiger partial charge in [-0.05, 0) is 13.3 Å². The second kappa shape index (κ2) is 17.3. The van der Waals surface area contributed by atoms with Crippen molar-refractivity contribution in [1.29, 1.82) is 0 Å². The van der Waals surface area contributed by atoms with Crippen molar-refractivity contribution in [2.75, 3.05) is 0 Å². The van der Waals surface area contributed by atoms with Gasteiger partial charge in [0.15, 0.2) is 0 Å². The first kappa shape index (κ1) is 27.7. The number of rotatable bonds is 18. The molecule has 0 aliphatic rings. The molecule has 0 aliphatic carbocycles. The maximum atomic E-state index is 12.2. The van der Waals surface area contributed by atoms with E-state index in [-0.39, 0.29) is 23.6 Å². The molecule has 1 aromatic heterocycles. The monoisotopic (exact) mass is 447 g/mol. The lowest BCUT2D eigenvalue weighted by Crippen LogP contribution is -2.31. The van der Waals surface area contributed by atoms with E-state index in [1.54, 1.807) is 6.92 Å². The number of aromatic nitrogens is 1. The van der Waals surface area contributed by atoms with E-state index >= 15 is 0 Å². The van der Waals surface area contributed by atoms with Gasteiger partial charge in [-0.3, -0.25) is 30.0 Å². The zero-order chi connectivity index (χ0) is 23.6. The van der Waals surface area contributed by atoms with Crippen molar-refractivity contribution >= 4 is 17.5 Å². The molecule has 7 heteroatoms. The SMILES string of the molecule is CCCCCCCCCCCCCCCCCC(=O)NC(=O)c1cc([N+](=O)[O-])cnc1C. The van der Waals surface area contributed by atoms with Crippen LogP contribution in [0.2, 0.25) is 0 Å². The number of carbonyl (C=O) groups excluding carboxylic acids is 2. The van der Waals surface area contributed by atoms with Crippen LogP contribution in [0, 0.1) is 17.0 Å². The fourth-order valence-electron chi connectivity index (χ4n) is 3.77. The number of imide groups is 1. The smallest absolute Gasteiger partial charge is 0.288 e. The Morgan fingerprint density at radius 3 is 1.81 bits per heavy atom. The predicted octanol–water partition coefficient (Wildman–Crippen LogP) is 6.82. The van der Waals surface area contributed by atoms with Gasteiger partial charge >= 0.3 is 0 Å². The number of pyridine rings is 1. The molecule has 7 nitrogen and oxygen atoms in total. The minimum absolute atomic E-state index is 0.0593. The number of hydrogen-bond donors (Lipinski definition) is 1. The first-order valence-electron chi connectivity index (χ1n) is 12.4. The summed E-state index contributed by atoms with van der Waals surface area (Å²) in [6.45, 7) is 3.83. The van der Waals surface area contributed by atoms with E-state index in [4.69, 9.17) is 0 Å². The molecule has 0 bridgehead atoms. The van der Waals surface area contributed by atoms with E-state index in [1.165, 1.54) is 77.0 Å². The third-order valence-electron chi connectivity index (χ3n) is 5.79. The average Bonchev–Trinajstić information content (AvgIpc) is 2.76. The molecule has 0 radical (unpaired) electrons. The molecule has 1 rings (SSSR count). The number of nitro groups is 1.